The van der Waals surface area contributed by atoms with E-state index in [1.54, 1.807) is 60.7 Å². The summed E-state index contributed by atoms with van der Waals surface area (Å²) >= 11 is 6.40. The zero-order chi connectivity index (χ0) is 24.6. The van der Waals surface area contributed by atoms with Crippen LogP contribution in [0.1, 0.15) is 26.3 Å². The number of carbonyl (C=O) groups excluding carboxylic acids is 2. The summed E-state index contributed by atoms with van der Waals surface area (Å²) in [6, 6.07) is 26.3. The molecule has 1 heterocycles. The van der Waals surface area contributed by atoms with Crippen LogP contribution >= 0.6 is 11.6 Å². The lowest BCUT2D eigenvalue weighted by Gasteiger charge is -2.28. The molecule has 0 radical (unpaired) electrons. The molecule has 0 bridgehead atoms. The molecule has 0 aromatic heterocycles. The summed E-state index contributed by atoms with van der Waals surface area (Å²) in [6.07, 6.45) is -4.26. The van der Waals surface area contributed by atoms with E-state index in [0.717, 1.165) is 5.56 Å². The molecule has 0 unspecified atom stereocenters. The Morgan fingerprint density at radius 3 is 2.00 bits per heavy atom. The van der Waals surface area contributed by atoms with Crippen molar-refractivity contribution in [3.05, 3.63) is 108 Å². The molecule has 0 saturated carbocycles. The summed E-state index contributed by atoms with van der Waals surface area (Å²) in [7, 11) is 0. The predicted molar refractivity (Wildman–Crippen MR) is 128 cm³/mol. The van der Waals surface area contributed by atoms with Crippen LogP contribution in [0.15, 0.2) is 91.0 Å². The van der Waals surface area contributed by atoms with Crippen LogP contribution in [0.3, 0.4) is 0 Å². The van der Waals surface area contributed by atoms with Crippen LogP contribution in [0.25, 0.3) is 0 Å². The van der Waals surface area contributed by atoms with E-state index in [4.69, 9.17) is 30.5 Å². The van der Waals surface area contributed by atoms with E-state index in [1.165, 1.54) is 0 Å². The average molecular weight is 497 g/mol. The molecule has 0 amide bonds. The molecule has 1 aliphatic heterocycles. The van der Waals surface area contributed by atoms with Gasteiger partial charge in [0.25, 0.3) is 0 Å². The zero-order valence-corrected chi connectivity index (χ0v) is 19.5. The average Bonchev–Trinajstić information content (AvgIpc) is 3.19. The second-order valence-electron chi connectivity index (χ2n) is 7.97. The molecule has 35 heavy (non-hydrogen) atoms. The lowest BCUT2D eigenvalue weighted by molar-refractivity contribution is -0.145. The first-order valence-electron chi connectivity index (χ1n) is 11.1. The van der Waals surface area contributed by atoms with Gasteiger partial charge in [-0.15, -0.1) is 11.6 Å². The quantitative estimate of drug-likeness (QED) is 0.354. The topological polar surface area (TPSA) is 91.3 Å². The van der Waals surface area contributed by atoms with E-state index < -0.39 is 41.9 Å². The fraction of sp³-hybridized carbons (Fsp3) is 0.259. The van der Waals surface area contributed by atoms with E-state index in [2.05, 4.69) is 0 Å². The molecule has 0 spiro atoms. The Hall–Kier alpha value is -3.23. The van der Waals surface area contributed by atoms with Gasteiger partial charge in [0.05, 0.1) is 17.7 Å². The third-order valence-corrected chi connectivity index (χ3v) is 5.98. The van der Waals surface area contributed by atoms with Gasteiger partial charge >= 0.3 is 11.9 Å². The second kappa shape index (κ2) is 12.0. The molecule has 4 rings (SSSR count). The molecule has 3 aromatic rings. The summed E-state index contributed by atoms with van der Waals surface area (Å²) in [5, 5.41) is 9.38. The van der Waals surface area contributed by atoms with Crippen LogP contribution in [-0.2, 0) is 25.6 Å². The third-order valence-electron chi connectivity index (χ3n) is 5.51. The second-order valence-corrected chi connectivity index (χ2v) is 8.48. The van der Waals surface area contributed by atoms with Crippen LogP contribution in [0.4, 0.5) is 0 Å². The van der Waals surface area contributed by atoms with Gasteiger partial charge in [-0.05, 0) is 29.8 Å². The molecule has 1 aliphatic rings. The highest BCUT2D eigenvalue weighted by Crippen LogP contribution is 2.31. The lowest BCUT2D eigenvalue weighted by atomic mass is 10.1. The molecule has 1 saturated heterocycles. The van der Waals surface area contributed by atoms with E-state index in [-0.39, 0.29) is 13.2 Å². The highest BCUT2D eigenvalue weighted by atomic mass is 35.5. The van der Waals surface area contributed by atoms with E-state index in [0.29, 0.717) is 11.1 Å². The highest BCUT2D eigenvalue weighted by molar-refractivity contribution is 6.21. The van der Waals surface area contributed by atoms with Gasteiger partial charge in [0, 0.05) is 0 Å². The molecule has 7 nitrogen and oxygen atoms in total. The van der Waals surface area contributed by atoms with Gasteiger partial charge in [-0.2, -0.15) is 0 Å². The molecule has 8 heteroatoms. The lowest BCUT2D eigenvalue weighted by Crippen LogP contribution is -2.44. The Labute approximate surface area is 208 Å². The van der Waals surface area contributed by atoms with Gasteiger partial charge in [0.1, 0.15) is 24.2 Å². The SMILES string of the molecule is O=C(OC[C@@H](OC(=O)c1ccccc1)[C@H]1O[C@@H](O)[C@H](Cl)[C@H]1OCc1ccccc1)c1ccccc1. The Morgan fingerprint density at radius 1 is 0.857 bits per heavy atom. The maximum atomic E-state index is 12.8. The van der Waals surface area contributed by atoms with Gasteiger partial charge in [0.15, 0.2) is 12.4 Å². The number of benzene rings is 3. The molecule has 3 aromatic carbocycles. The Kier molecular flexibility index (Phi) is 8.50. The monoisotopic (exact) mass is 496 g/mol. The van der Waals surface area contributed by atoms with E-state index in [9.17, 15) is 14.7 Å². The molecular formula is C27H25ClO7. The van der Waals surface area contributed by atoms with Crippen molar-refractivity contribution in [2.24, 2.45) is 0 Å². The normalized spacial score (nSPS) is 22.3. The number of esters is 2. The van der Waals surface area contributed by atoms with E-state index in [1.807, 2.05) is 30.3 Å². The Morgan fingerprint density at radius 2 is 1.40 bits per heavy atom. The molecule has 0 aliphatic carbocycles. The van der Waals surface area contributed by atoms with Crippen LogP contribution in [0.5, 0.6) is 0 Å². The van der Waals surface area contributed by atoms with Crippen molar-refractivity contribution in [1.82, 2.24) is 0 Å². The van der Waals surface area contributed by atoms with Crippen molar-refractivity contribution in [3.8, 4) is 0 Å². The molecule has 5 atom stereocenters. The fourth-order valence-corrected chi connectivity index (χ4v) is 3.98. The minimum atomic E-state index is -1.36. The number of aliphatic hydroxyl groups excluding tert-OH is 1. The van der Waals surface area contributed by atoms with Gasteiger partial charge < -0.3 is 24.1 Å². The smallest absolute Gasteiger partial charge is 0.338 e. The van der Waals surface area contributed by atoms with Gasteiger partial charge in [0.2, 0.25) is 0 Å². The van der Waals surface area contributed by atoms with Crippen molar-refractivity contribution >= 4 is 23.5 Å². The molecule has 1 fully saturated rings. The minimum Gasteiger partial charge on any atom is -0.458 e. The van der Waals surface area contributed by atoms with Crippen LogP contribution in [0.2, 0.25) is 0 Å². The summed E-state index contributed by atoms with van der Waals surface area (Å²) < 4.78 is 22.8. The van der Waals surface area contributed by atoms with Crippen molar-refractivity contribution in [2.45, 2.75) is 36.6 Å². The number of rotatable bonds is 9. The predicted octanol–water partition coefficient (Wildman–Crippen LogP) is 3.98. The van der Waals surface area contributed by atoms with Crippen molar-refractivity contribution < 1.29 is 33.6 Å². The highest BCUT2D eigenvalue weighted by Gasteiger charge is 2.49. The molecular weight excluding hydrogens is 472 g/mol. The first-order valence-corrected chi connectivity index (χ1v) is 11.6. The van der Waals surface area contributed by atoms with E-state index >= 15 is 0 Å². The van der Waals surface area contributed by atoms with Crippen molar-refractivity contribution in [2.75, 3.05) is 6.61 Å². The number of carbonyl (C=O) groups is 2. The zero-order valence-electron chi connectivity index (χ0n) is 18.7. The summed E-state index contributed by atoms with van der Waals surface area (Å²) in [5.74, 6) is -1.22. The van der Waals surface area contributed by atoms with Crippen LogP contribution in [-0.4, -0.2) is 53.6 Å². The number of ether oxygens (including phenoxy) is 4. The maximum absolute atomic E-state index is 12.8. The summed E-state index contributed by atoms with van der Waals surface area (Å²) in [5.41, 5.74) is 1.56. The summed E-state index contributed by atoms with van der Waals surface area (Å²) in [4.78, 5) is 25.4. The molecule has 182 valence electrons. The van der Waals surface area contributed by atoms with Crippen molar-refractivity contribution in [3.63, 3.8) is 0 Å². The van der Waals surface area contributed by atoms with Gasteiger partial charge in [-0.25, -0.2) is 9.59 Å². The first-order chi connectivity index (χ1) is 17.0. The number of hydrogen-bond donors (Lipinski definition) is 1. The third kappa shape index (κ3) is 6.46. The largest absolute Gasteiger partial charge is 0.458 e. The minimum absolute atomic E-state index is 0.199. The van der Waals surface area contributed by atoms with Crippen molar-refractivity contribution in [1.29, 1.82) is 0 Å². The first kappa shape index (κ1) is 24.9. The van der Waals surface area contributed by atoms with Gasteiger partial charge in [-0.3, -0.25) is 0 Å². The van der Waals surface area contributed by atoms with Crippen LogP contribution in [0, 0.1) is 0 Å². The van der Waals surface area contributed by atoms with Gasteiger partial charge in [-0.1, -0.05) is 66.7 Å². The number of aliphatic hydroxyl groups is 1. The fourth-order valence-electron chi connectivity index (χ4n) is 3.70. The molecule has 1 N–H and O–H groups in total. The Balaban J connectivity index is 1.52. The number of hydrogen-bond acceptors (Lipinski definition) is 7. The summed E-state index contributed by atoms with van der Waals surface area (Å²) in [6.45, 7) is -0.122. The number of alkyl halides is 1. The number of halogens is 1. The maximum Gasteiger partial charge on any atom is 0.338 e. The van der Waals surface area contributed by atoms with Crippen LogP contribution < -0.4 is 0 Å². The standard InChI is InChI=1S/C27H25ClO7/c28-22-24(32-16-18-10-4-1-5-11-18)23(35-27(22)31)21(34-26(30)20-14-8-3-9-15-20)17-33-25(29)19-12-6-2-7-13-19/h1-15,21-24,27,31H,16-17H2/t21-,22-,23-,24-,27-/m1/s1. The Bertz CT molecular complexity index is 1090.